The molecular weight excluding hydrogens is 456 g/mol. The van der Waals surface area contributed by atoms with Crippen molar-refractivity contribution in [2.75, 3.05) is 0 Å². The molecule has 38 heavy (non-hydrogen) atoms. The molecule has 0 nitrogen and oxygen atoms in total. The lowest BCUT2D eigenvalue weighted by Crippen LogP contribution is -2.24. The molecule has 0 radical (unpaired) electrons. The largest absolute Gasteiger partial charge is 0.0726 e. The van der Waals surface area contributed by atoms with Crippen LogP contribution < -0.4 is 0 Å². The van der Waals surface area contributed by atoms with Crippen molar-refractivity contribution in [1.82, 2.24) is 0 Å². The molecule has 2 fully saturated rings. The summed E-state index contributed by atoms with van der Waals surface area (Å²) in [5.41, 5.74) is 12.0. The summed E-state index contributed by atoms with van der Waals surface area (Å²) in [5.74, 6) is 3.41. The Bertz CT molecular complexity index is 1270. The van der Waals surface area contributed by atoms with E-state index in [4.69, 9.17) is 0 Å². The van der Waals surface area contributed by atoms with Gasteiger partial charge in [0.05, 0.1) is 0 Å². The fourth-order valence-corrected chi connectivity index (χ4v) is 8.45. The van der Waals surface area contributed by atoms with Gasteiger partial charge in [-0.25, -0.2) is 0 Å². The monoisotopic (exact) mass is 500 g/mol. The molecule has 5 aliphatic carbocycles. The van der Waals surface area contributed by atoms with Crippen LogP contribution >= 0.6 is 0 Å². The highest BCUT2D eigenvalue weighted by Crippen LogP contribution is 2.43. The molecule has 2 saturated carbocycles. The van der Waals surface area contributed by atoms with Crippen LogP contribution in [0.4, 0.5) is 0 Å². The highest BCUT2D eigenvalue weighted by molar-refractivity contribution is 5.79. The summed E-state index contributed by atoms with van der Waals surface area (Å²) in [4.78, 5) is 0. The van der Waals surface area contributed by atoms with Crippen LogP contribution in [0.15, 0.2) is 84.0 Å². The molecule has 0 aromatic heterocycles. The van der Waals surface area contributed by atoms with Gasteiger partial charge in [-0.3, -0.25) is 0 Å². The molecule has 1 atom stereocenters. The molecule has 0 aliphatic heterocycles. The molecule has 0 N–H and O–H groups in total. The minimum atomic E-state index is 0.414. The van der Waals surface area contributed by atoms with Crippen molar-refractivity contribution in [2.45, 2.75) is 89.9 Å². The van der Waals surface area contributed by atoms with E-state index in [0.29, 0.717) is 5.92 Å². The molecule has 0 heterocycles. The van der Waals surface area contributed by atoms with E-state index in [2.05, 4.69) is 72.8 Å². The number of hydrogen-bond donors (Lipinski definition) is 0. The lowest BCUT2D eigenvalue weighted by molar-refractivity contribution is 0.167. The van der Waals surface area contributed by atoms with Gasteiger partial charge in [0.1, 0.15) is 0 Å². The van der Waals surface area contributed by atoms with Gasteiger partial charge in [-0.1, -0.05) is 105 Å². The minimum Gasteiger partial charge on any atom is -0.0726 e. The molecule has 0 bridgehead atoms. The number of rotatable bonds is 6. The molecule has 5 aliphatic rings. The van der Waals surface area contributed by atoms with Crippen molar-refractivity contribution in [1.29, 1.82) is 0 Å². The molecular formula is C38H44. The highest BCUT2D eigenvalue weighted by atomic mass is 14.3. The Balaban J connectivity index is 0.985. The van der Waals surface area contributed by atoms with Crippen molar-refractivity contribution >= 4 is 5.57 Å². The van der Waals surface area contributed by atoms with Gasteiger partial charge >= 0.3 is 0 Å². The topological polar surface area (TPSA) is 0 Å². The third-order valence-corrected chi connectivity index (χ3v) is 10.7. The lowest BCUT2D eigenvalue weighted by Gasteiger charge is -2.36. The van der Waals surface area contributed by atoms with Gasteiger partial charge in [0.2, 0.25) is 0 Å². The second-order valence-electron chi connectivity index (χ2n) is 13.0. The van der Waals surface area contributed by atoms with Crippen molar-refractivity contribution in [3.8, 4) is 0 Å². The van der Waals surface area contributed by atoms with Crippen LogP contribution in [0.3, 0.4) is 0 Å². The maximum Gasteiger partial charge on any atom is 0.0281 e. The Labute approximate surface area is 230 Å². The first-order valence-corrected chi connectivity index (χ1v) is 15.8. The Morgan fingerprint density at radius 1 is 0.605 bits per heavy atom. The van der Waals surface area contributed by atoms with Gasteiger partial charge in [0, 0.05) is 5.92 Å². The first kappa shape index (κ1) is 24.4. The summed E-state index contributed by atoms with van der Waals surface area (Å²) in [6, 6.07) is 16.9. The summed E-state index contributed by atoms with van der Waals surface area (Å²) in [7, 11) is 0. The van der Waals surface area contributed by atoms with Crippen LogP contribution in [0.25, 0.3) is 5.57 Å². The molecule has 0 spiro atoms. The normalized spacial score (nSPS) is 26.9. The summed E-state index contributed by atoms with van der Waals surface area (Å²) in [6.07, 6.45) is 31.4. The average Bonchev–Trinajstić information content (AvgIpc) is 3.65. The van der Waals surface area contributed by atoms with Gasteiger partial charge < -0.3 is 0 Å². The van der Waals surface area contributed by atoms with Gasteiger partial charge in [-0.15, -0.1) is 0 Å². The quantitative estimate of drug-likeness (QED) is 0.370. The second-order valence-corrected chi connectivity index (χ2v) is 13.0. The predicted octanol–water partition coefficient (Wildman–Crippen LogP) is 9.78. The molecule has 0 amide bonds. The van der Waals surface area contributed by atoms with Crippen molar-refractivity contribution in [2.24, 2.45) is 23.7 Å². The molecule has 0 saturated heterocycles. The van der Waals surface area contributed by atoms with Gasteiger partial charge in [0.15, 0.2) is 0 Å². The van der Waals surface area contributed by atoms with E-state index in [1.807, 2.05) is 0 Å². The van der Waals surface area contributed by atoms with Gasteiger partial charge in [0.25, 0.3) is 0 Å². The van der Waals surface area contributed by atoms with E-state index in [-0.39, 0.29) is 0 Å². The number of aryl methyl sites for hydroxylation is 2. The van der Waals surface area contributed by atoms with E-state index < -0.39 is 0 Å². The van der Waals surface area contributed by atoms with Gasteiger partial charge in [-0.05, 0) is 120 Å². The number of hydrogen-bond acceptors (Lipinski definition) is 0. The molecule has 2 aromatic carbocycles. The Morgan fingerprint density at radius 2 is 1.37 bits per heavy atom. The second kappa shape index (κ2) is 10.9. The average molecular weight is 501 g/mol. The molecule has 196 valence electrons. The van der Waals surface area contributed by atoms with Crippen molar-refractivity contribution in [3.05, 3.63) is 112 Å². The zero-order valence-corrected chi connectivity index (χ0v) is 23.1. The van der Waals surface area contributed by atoms with Crippen LogP contribution in [0, 0.1) is 23.7 Å². The lowest BCUT2D eigenvalue weighted by atomic mass is 9.70. The zero-order valence-electron chi connectivity index (χ0n) is 23.1. The highest BCUT2D eigenvalue weighted by Gasteiger charge is 2.29. The number of fused-ring (bicyclic) bond motifs is 2. The Hall–Kier alpha value is -2.60. The maximum atomic E-state index is 2.47. The van der Waals surface area contributed by atoms with Crippen LogP contribution in [-0.2, 0) is 25.7 Å². The summed E-state index contributed by atoms with van der Waals surface area (Å²) < 4.78 is 0. The summed E-state index contributed by atoms with van der Waals surface area (Å²) in [5, 5.41) is 0. The van der Waals surface area contributed by atoms with Crippen molar-refractivity contribution in [3.63, 3.8) is 0 Å². The predicted molar refractivity (Wildman–Crippen MR) is 161 cm³/mol. The van der Waals surface area contributed by atoms with E-state index >= 15 is 0 Å². The Kier molecular flexibility index (Phi) is 7.00. The van der Waals surface area contributed by atoms with E-state index in [1.54, 1.807) is 16.7 Å². The minimum absolute atomic E-state index is 0.414. The van der Waals surface area contributed by atoms with Crippen LogP contribution in [0.5, 0.6) is 0 Å². The fraction of sp³-hybridized carbons (Fsp3) is 0.474. The third-order valence-electron chi connectivity index (χ3n) is 10.7. The van der Waals surface area contributed by atoms with Crippen LogP contribution in [0.1, 0.15) is 92.0 Å². The standard InChI is InChI=1S/C38H44/c1-2-6-30(7-3-1)32-18-16-28(17-19-32)24-27-12-14-29(15-13-27)25-34-22-23-37(38-11-5-10-36(34)38)35-21-20-31-8-4-9-33(31)26-35/h5,10-15,20-23,26,28,30,32,38H,1-4,6-9,16-19,24-25H2. The van der Waals surface area contributed by atoms with E-state index in [1.165, 1.54) is 111 Å². The smallest absolute Gasteiger partial charge is 0.0281 e. The molecule has 0 heteroatoms. The Morgan fingerprint density at radius 3 is 2.21 bits per heavy atom. The SMILES string of the molecule is C1=CC2C(=C1)C(Cc1ccc(CC3CCC(C4CCCCC4)CC3)cc1)=CC=C2c1ccc2c(c1)CCC2. The molecule has 1 unspecified atom stereocenters. The van der Waals surface area contributed by atoms with Crippen LogP contribution in [0.2, 0.25) is 0 Å². The van der Waals surface area contributed by atoms with Crippen LogP contribution in [-0.4, -0.2) is 0 Å². The molecule has 2 aromatic rings. The fourth-order valence-electron chi connectivity index (χ4n) is 8.45. The van der Waals surface area contributed by atoms with E-state index in [0.717, 1.165) is 24.2 Å². The van der Waals surface area contributed by atoms with Crippen molar-refractivity contribution < 1.29 is 0 Å². The summed E-state index contributed by atoms with van der Waals surface area (Å²) >= 11 is 0. The maximum absolute atomic E-state index is 2.47. The summed E-state index contributed by atoms with van der Waals surface area (Å²) in [6.45, 7) is 0. The zero-order chi connectivity index (χ0) is 25.3. The first-order chi connectivity index (χ1) is 18.8. The van der Waals surface area contributed by atoms with E-state index in [9.17, 15) is 0 Å². The van der Waals surface area contributed by atoms with Gasteiger partial charge in [-0.2, -0.15) is 0 Å². The number of benzene rings is 2. The molecule has 7 rings (SSSR count). The first-order valence-electron chi connectivity index (χ1n) is 15.8. The number of allylic oxidation sites excluding steroid dienone is 8. The third kappa shape index (κ3) is 5.04.